The normalized spacial score (nSPS) is 11.8. The lowest BCUT2D eigenvalue weighted by Crippen LogP contribution is -2.33. The quantitative estimate of drug-likeness (QED) is 0.119. The Balaban J connectivity index is 1.01. The first-order valence-electron chi connectivity index (χ1n) is 21.5. The summed E-state index contributed by atoms with van der Waals surface area (Å²) in [7, 11) is 0. The molecular formula is C58H37N5O. The van der Waals surface area contributed by atoms with Crippen molar-refractivity contribution >= 4 is 65.4 Å². The van der Waals surface area contributed by atoms with Crippen molar-refractivity contribution in [3.63, 3.8) is 0 Å². The molecule has 9 aromatic carbocycles. The Labute approximate surface area is 368 Å². The van der Waals surface area contributed by atoms with Crippen LogP contribution in [-0.2, 0) is 0 Å². The molecule has 0 N–H and O–H groups in total. The molecule has 300 valence electrons. The molecule has 0 aliphatic heterocycles. The minimum Gasteiger partial charge on any atom is -0.458 e. The Hall–Kier alpha value is -8.74. The Bertz CT molecular complexity index is 3730. The van der Waals surface area contributed by atoms with Gasteiger partial charge in [0.1, 0.15) is 17.2 Å². The van der Waals surface area contributed by atoms with Gasteiger partial charge >= 0.3 is 0 Å². The summed E-state index contributed by atoms with van der Waals surface area (Å²) in [5.41, 5.74) is 12.5. The molecule has 0 bridgehead atoms. The van der Waals surface area contributed by atoms with Gasteiger partial charge in [0.2, 0.25) is 0 Å². The molecule has 0 unspecified atom stereocenters. The third kappa shape index (κ3) is 5.66. The van der Waals surface area contributed by atoms with Crippen molar-refractivity contribution in [2.45, 2.75) is 0 Å². The molecule has 6 nitrogen and oxygen atoms in total. The van der Waals surface area contributed by atoms with Gasteiger partial charge in [-0.15, -0.1) is 0 Å². The number of nitrogens with zero attached hydrogens (tertiary/aromatic N) is 5. The van der Waals surface area contributed by atoms with Gasteiger partial charge in [-0.3, -0.25) is 14.1 Å². The maximum atomic E-state index is 6.62. The maximum absolute atomic E-state index is 6.62. The fraction of sp³-hybridized carbons (Fsp3) is 0. The van der Waals surface area contributed by atoms with Crippen molar-refractivity contribution in [3.05, 3.63) is 231 Å². The van der Waals surface area contributed by atoms with E-state index in [0.717, 1.165) is 89.4 Å². The first kappa shape index (κ1) is 36.0. The van der Waals surface area contributed by atoms with Crippen molar-refractivity contribution in [2.24, 2.45) is 0 Å². The van der Waals surface area contributed by atoms with E-state index in [4.69, 9.17) is 9.72 Å². The molecule has 4 heterocycles. The fourth-order valence-corrected chi connectivity index (χ4v) is 9.67. The number of fused-ring (bicyclic) bond motifs is 8. The van der Waals surface area contributed by atoms with E-state index in [1.165, 1.54) is 21.5 Å². The molecule has 4 aromatic heterocycles. The lowest BCUT2D eigenvalue weighted by molar-refractivity contribution is -0.571. The van der Waals surface area contributed by atoms with Crippen LogP contribution in [0, 0.1) is 6.33 Å². The summed E-state index contributed by atoms with van der Waals surface area (Å²) in [4.78, 5) is 4.77. The molecule has 0 saturated carbocycles. The topological polar surface area (TPSA) is 40.8 Å². The molecule has 0 aliphatic carbocycles. The number of para-hydroxylation sites is 7. The SMILES string of the molecule is [c-]1n(-c2cccc(Oc3cccc(-c4cc5ccccc5cn4)c3)c2)c2ccccc2[n+]1-c1c(-n2c3ccccc3c3ccccc32)cccc1-n1c2ccccc2c2ccccc21. The molecule has 13 aromatic rings. The van der Waals surface area contributed by atoms with Crippen LogP contribution in [0.25, 0.3) is 99.4 Å². The second kappa shape index (κ2) is 14.4. The van der Waals surface area contributed by atoms with Crippen molar-refractivity contribution in [1.29, 1.82) is 0 Å². The number of benzene rings is 9. The highest BCUT2D eigenvalue weighted by Gasteiger charge is 2.24. The minimum atomic E-state index is 0.718. The largest absolute Gasteiger partial charge is 0.458 e. The summed E-state index contributed by atoms with van der Waals surface area (Å²) in [6.45, 7) is 0. The van der Waals surface area contributed by atoms with Gasteiger partial charge in [0.25, 0.3) is 6.33 Å². The van der Waals surface area contributed by atoms with E-state index in [2.05, 4.69) is 213 Å². The summed E-state index contributed by atoms with van der Waals surface area (Å²) in [5, 5.41) is 7.09. The van der Waals surface area contributed by atoms with E-state index in [1.807, 2.05) is 36.5 Å². The summed E-state index contributed by atoms with van der Waals surface area (Å²) in [5.74, 6) is 1.45. The van der Waals surface area contributed by atoms with E-state index in [1.54, 1.807) is 0 Å². The van der Waals surface area contributed by atoms with Gasteiger partial charge in [0.05, 0.1) is 55.9 Å². The first-order valence-corrected chi connectivity index (χ1v) is 21.5. The van der Waals surface area contributed by atoms with Crippen molar-refractivity contribution in [2.75, 3.05) is 0 Å². The lowest BCUT2D eigenvalue weighted by atomic mass is 10.1. The summed E-state index contributed by atoms with van der Waals surface area (Å²) in [6, 6.07) is 76.9. The second-order valence-electron chi connectivity index (χ2n) is 16.2. The number of hydrogen-bond acceptors (Lipinski definition) is 2. The smallest absolute Gasteiger partial charge is 0.269 e. The number of rotatable bonds is 7. The molecule has 13 rings (SSSR count). The molecular weight excluding hydrogens is 783 g/mol. The number of ether oxygens (including phenoxy) is 1. The van der Waals surface area contributed by atoms with Crippen molar-refractivity contribution in [3.8, 4) is 45.5 Å². The van der Waals surface area contributed by atoms with E-state index in [0.29, 0.717) is 0 Å². The van der Waals surface area contributed by atoms with Crippen molar-refractivity contribution < 1.29 is 9.30 Å². The number of pyridine rings is 1. The van der Waals surface area contributed by atoms with Gasteiger partial charge < -0.3 is 13.9 Å². The van der Waals surface area contributed by atoms with Gasteiger partial charge in [0.15, 0.2) is 0 Å². The van der Waals surface area contributed by atoms with E-state index in [-0.39, 0.29) is 0 Å². The molecule has 64 heavy (non-hydrogen) atoms. The van der Waals surface area contributed by atoms with Gasteiger partial charge in [-0.1, -0.05) is 146 Å². The van der Waals surface area contributed by atoms with Crippen LogP contribution in [0.1, 0.15) is 0 Å². The van der Waals surface area contributed by atoms with E-state index >= 15 is 0 Å². The van der Waals surface area contributed by atoms with Crippen LogP contribution in [0.15, 0.2) is 225 Å². The van der Waals surface area contributed by atoms with Gasteiger partial charge in [-0.05, 0) is 78.2 Å². The van der Waals surface area contributed by atoms with Crippen LogP contribution in [0.5, 0.6) is 11.5 Å². The molecule has 0 aliphatic rings. The second-order valence-corrected chi connectivity index (χ2v) is 16.2. The van der Waals surface area contributed by atoms with Gasteiger partial charge in [-0.25, -0.2) is 0 Å². The van der Waals surface area contributed by atoms with Crippen LogP contribution >= 0.6 is 0 Å². The third-order valence-corrected chi connectivity index (χ3v) is 12.5. The average molecular weight is 820 g/mol. The lowest BCUT2D eigenvalue weighted by Gasteiger charge is -2.20. The summed E-state index contributed by atoms with van der Waals surface area (Å²) >= 11 is 0. The zero-order valence-electron chi connectivity index (χ0n) is 34.5. The highest BCUT2D eigenvalue weighted by atomic mass is 16.5. The Morgan fingerprint density at radius 3 is 1.55 bits per heavy atom. The molecule has 0 radical (unpaired) electrons. The molecule has 0 saturated heterocycles. The highest BCUT2D eigenvalue weighted by molar-refractivity contribution is 6.11. The van der Waals surface area contributed by atoms with Crippen LogP contribution in [0.4, 0.5) is 0 Å². The third-order valence-electron chi connectivity index (χ3n) is 12.5. The monoisotopic (exact) mass is 819 g/mol. The van der Waals surface area contributed by atoms with Crippen LogP contribution in [-0.4, -0.2) is 18.7 Å². The predicted octanol–water partition coefficient (Wildman–Crippen LogP) is 13.9. The molecule has 0 fully saturated rings. The molecule has 0 amide bonds. The van der Waals surface area contributed by atoms with E-state index in [9.17, 15) is 0 Å². The predicted molar refractivity (Wildman–Crippen MR) is 260 cm³/mol. The Morgan fingerprint density at radius 2 is 0.922 bits per heavy atom. The molecule has 0 spiro atoms. The van der Waals surface area contributed by atoms with Gasteiger partial charge in [-0.2, -0.15) is 0 Å². The number of aromatic nitrogens is 5. The summed E-state index contributed by atoms with van der Waals surface area (Å²) < 4.78 is 15.9. The Kier molecular flexibility index (Phi) is 8.11. The van der Waals surface area contributed by atoms with Crippen molar-refractivity contribution in [1.82, 2.24) is 18.7 Å². The minimum absolute atomic E-state index is 0.718. The standard InChI is InChI=1S/C58H37N5O/c1-2-17-41-37-59-49(35-39(41)16-1)40-18-13-20-43(34-40)64-44-21-14-19-42(36-44)60-38-61(55-31-12-11-30-54(55)60)58-56(62-50-26-7-3-22-45(50)46-23-4-8-27-51(46)62)32-15-33-57(58)63-52-28-9-5-24-47(52)48-25-6-10-29-53(48)63/h1-37H. The summed E-state index contributed by atoms with van der Waals surface area (Å²) in [6.07, 6.45) is 5.83. The maximum Gasteiger partial charge on any atom is 0.269 e. The van der Waals surface area contributed by atoms with Crippen LogP contribution in [0.3, 0.4) is 0 Å². The Morgan fingerprint density at radius 1 is 0.422 bits per heavy atom. The highest BCUT2D eigenvalue weighted by Crippen LogP contribution is 2.39. The number of hydrogen-bond donors (Lipinski definition) is 0. The van der Waals surface area contributed by atoms with Gasteiger partial charge in [0, 0.05) is 38.7 Å². The zero-order chi connectivity index (χ0) is 42.1. The average Bonchev–Trinajstić information content (AvgIpc) is 4.02. The molecule has 0 atom stereocenters. The number of imidazole rings is 1. The zero-order valence-corrected chi connectivity index (χ0v) is 34.5. The van der Waals surface area contributed by atoms with Crippen LogP contribution < -0.4 is 9.30 Å². The molecule has 6 heteroatoms. The fourth-order valence-electron chi connectivity index (χ4n) is 9.67. The first-order chi connectivity index (χ1) is 31.7. The van der Waals surface area contributed by atoms with Crippen LogP contribution in [0.2, 0.25) is 0 Å². The van der Waals surface area contributed by atoms with E-state index < -0.39 is 0 Å².